The number of para-hydroxylation sites is 1. The molecule has 0 aliphatic carbocycles. The molecule has 0 bridgehead atoms. The van der Waals surface area contributed by atoms with Crippen LogP contribution in [0, 0.1) is 0 Å². The highest BCUT2D eigenvalue weighted by Crippen LogP contribution is 2.28. The second-order valence-electron chi connectivity index (χ2n) is 4.67. The summed E-state index contributed by atoms with van der Waals surface area (Å²) in [6.45, 7) is -2.87. The van der Waals surface area contributed by atoms with Gasteiger partial charge in [0.1, 0.15) is 10.4 Å². The minimum atomic E-state index is -2.87. The Morgan fingerprint density at radius 3 is 2.91 bits per heavy atom. The number of thioether (sulfide) groups is 1. The highest BCUT2D eigenvalue weighted by Gasteiger charge is 2.13. The van der Waals surface area contributed by atoms with Gasteiger partial charge in [0.15, 0.2) is 5.16 Å². The zero-order chi connectivity index (χ0) is 16.4. The Balaban J connectivity index is 1.87. The average Bonchev–Trinajstić information content (AvgIpc) is 2.99. The number of benzene rings is 1. The Morgan fingerprint density at radius 1 is 1.35 bits per heavy atom. The number of aromatic nitrogens is 2. The van der Waals surface area contributed by atoms with Crippen molar-refractivity contribution in [2.24, 2.45) is 7.05 Å². The van der Waals surface area contributed by atoms with Crippen molar-refractivity contribution in [2.45, 2.75) is 17.5 Å². The summed E-state index contributed by atoms with van der Waals surface area (Å²) < 4.78 is 31.5. The van der Waals surface area contributed by atoms with Crippen LogP contribution in [0.1, 0.15) is 5.56 Å². The van der Waals surface area contributed by atoms with Gasteiger partial charge in [-0.15, -0.1) is 11.3 Å². The summed E-state index contributed by atoms with van der Waals surface area (Å²) in [5.74, 6) is 0.510. The summed E-state index contributed by atoms with van der Waals surface area (Å²) in [6, 6.07) is 8.39. The summed E-state index contributed by atoms with van der Waals surface area (Å²) in [5, 5.41) is 2.35. The average molecular weight is 354 g/mol. The van der Waals surface area contributed by atoms with Crippen LogP contribution in [-0.2, 0) is 12.8 Å². The Bertz CT molecular complexity index is 893. The first-order valence-electron chi connectivity index (χ1n) is 6.66. The topological polar surface area (TPSA) is 44.1 Å². The van der Waals surface area contributed by atoms with Gasteiger partial charge in [-0.25, -0.2) is 4.98 Å². The highest BCUT2D eigenvalue weighted by atomic mass is 32.2. The molecule has 3 aromatic rings. The Hall–Kier alpha value is -1.93. The Morgan fingerprint density at radius 2 is 2.13 bits per heavy atom. The standard InChI is InChI=1S/C15H12F2N2O2S2/c1-19-13(20)12-10(6-7-22-12)18-15(19)23-8-9-4-2-3-5-11(9)21-14(16)17/h2-7,14H,8H2,1H3. The molecule has 23 heavy (non-hydrogen) atoms. The maximum atomic E-state index is 12.4. The number of hydrogen-bond acceptors (Lipinski definition) is 5. The van der Waals surface area contributed by atoms with Crippen molar-refractivity contribution in [2.75, 3.05) is 0 Å². The van der Waals surface area contributed by atoms with Gasteiger partial charge in [-0.05, 0) is 17.5 Å². The second kappa shape index (κ2) is 6.67. The summed E-state index contributed by atoms with van der Waals surface area (Å²) in [4.78, 5) is 16.7. The van der Waals surface area contributed by atoms with Crippen molar-refractivity contribution in [3.63, 3.8) is 0 Å². The Kier molecular flexibility index (Phi) is 4.63. The van der Waals surface area contributed by atoms with Crippen LogP contribution in [-0.4, -0.2) is 16.2 Å². The van der Waals surface area contributed by atoms with Crippen LogP contribution < -0.4 is 10.3 Å². The van der Waals surface area contributed by atoms with Crippen LogP contribution >= 0.6 is 23.1 Å². The molecular formula is C15H12F2N2O2S2. The van der Waals surface area contributed by atoms with Crippen LogP contribution in [0.15, 0.2) is 45.7 Å². The second-order valence-corrected chi connectivity index (χ2v) is 6.53. The first-order valence-corrected chi connectivity index (χ1v) is 8.52. The van der Waals surface area contributed by atoms with Gasteiger partial charge in [-0.2, -0.15) is 8.78 Å². The van der Waals surface area contributed by atoms with Gasteiger partial charge >= 0.3 is 6.61 Å². The SMILES string of the molecule is Cn1c(SCc2ccccc2OC(F)F)nc2ccsc2c1=O. The molecule has 0 spiro atoms. The number of nitrogens with zero attached hydrogens (tertiary/aromatic N) is 2. The number of hydrogen-bond donors (Lipinski definition) is 0. The third-order valence-electron chi connectivity index (χ3n) is 3.19. The first-order chi connectivity index (χ1) is 11.1. The van der Waals surface area contributed by atoms with Gasteiger partial charge in [0.25, 0.3) is 5.56 Å². The lowest BCUT2D eigenvalue weighted by molar-refractivity contribution is -0.0503. The van der Waals surface area contributed by atoms with Gasteiger partial charge in [0, 0.05) is 18.4 Å². The zero-order valence-electron chi connectivity index (χ0n) is 12.0. The van der Waals surface area contributed by atoms with E-state index in [1.807, 2.05) is 5.38 Å². The molecule has 0 unspecified atom stereocenters. The number of halogens is 2. The minimum absolute atomic E-state index is 0.107. The van der Waals surface area contributed by atoms with Crippen molar-refractivity contribution in [3.05, 3.63) is 51.6 Å². The van der Waals surface area contributed by atoms with Gasteiger partial charge in [0.2, 0.25) is 0 Å². The molecule has 0 saturated carbocycles. The van der Waals surface area contributed by atoms with E-state index in [-0.39, 0.29) is 11.3 Å². The fourth-order valence-electron chi connectivity index (χ4n) is 2.07. The summed E-state index contributed by atoms with van der Waals surface area (Å²) in [7, 11) is 1.65. The molecule has 0 radical (unpaired) electrons. The quantitative estimate of drug-likeness (QED) is 0.515. The lowest BCUT2D eigenvalue weighted by Crippen LogP contribution is -2.18. The molecule has 0 N–H and O–H groups in total. The lowest BCUT2D eigenvalue weighted by Gasteiger charge is -2.11. The highest BCUT2D eigenvalue weighted by molar-refractivity contribution is 7.98. The molecule has 2 aromatic heterocycles. The third-order valence-corrected chi connectivity index (χ3v) is 5.16. The first kappa shape index (κ1) is 15.9. The number of ether oxygens (including phenoxy) is 1. The van der Waals surface area contributed by atoms with E-state index >= 15 is 0 Å². The van der Waals surface area contributed by atoms with E-state index in [9.17, 15) is 13.6 Å². The maximum absolute atomic E-state index is 12.4. The lowest BCUT2D eigenvalue weighted by atomic mass is 10.2. The van der Waals surface area contributed by atoms with Crippen molar-refractivity contribution in [1.82, 2.24) is 9.55 Å². The number of fused-ring (bicyclic) bond motifs is 1. The molecule has 3 rings (SSSR count). The predicted molar refractivity (Wildman–Crippen MR) is 87.5 cm³/mol. The van der Waals surface area contributed by atoms with E-state index in [4.69, 9.17) is 0 Å². The normalized spacial score (nSPS) is 11.3. The molecule has 0 saturated heterocycles. The molecule has 0 amide bonds. The van der Waals surface area contributed by atoms with Crippen molar-refractivity contribution in [1.29, 1.82) is 0 Å². The molecular weight excluding hydrogens is 342 g/mol. The number of alkyl halides is 2. The molecule has 1 aromatic carbocycles. The minimum Gasteiger partial charge on any atom is -0.435 e. The largest absolute Gasteiger partial charge is 0.435 e. The van der Waals surface area contributed by atoms with E-state index in [1.54, 1.807) is 31.3 Å². The van der Waals surface area contributed by atoms with Gasteiger partial charge in [-0.1, -0.05) is 30.0 Å². The number of thiophene rings is 1. The van der Waals surface area contributed by atoms with E-state index < -0.39 is 6.61 Å². The number of rotatable bonds is 5. The van der Waals surface area contributed by atoms with Crippen LogP contribution in [0.3, 0.4) is 0 Å². The van der Waals surface area contributed by atoms with E-state index in [0.29, 0.717) is 26.7 Å². The van der Waals surface area contributed by atoms with Gasteiger partial charge < -0.3 is 4.74 Å². The molecule has 4 nitrogen and oxygen atoms in total. The fourth-order valence-corrected chi connectivity index (χ4v) is 3.84. The molecule has 0 aliphatic rings. The summed E-state index contributed by atoms with van der Waals surface area (Å²) in [5.41, 5.74) is 1.17. The molecule has 8 heteroatoms. The zero-order valence-corrected chi connectivity index (χ0v) is 13.7. The van der Waals surface area contributed by atoms with E-state index in [2.05, 4.69) is 9.72 Å². The van der Waals surface area contributed by atoms with Gasteiger partial charge in [0.05, 0.1) is 5.52 Å². The molecule has 0 aliphatic heterocycles. The van der Waals surface area contributed by atoms with Crippen LogP contribution in [0.2, 0.25) is 0 Å². The summed E-state index contributed by atoms with van der Waals surface area (Å²) in [6.07, 6.45) is 0. The van der Waals surface area contributed by atoms with Crippen LogP contribution in [0.5, 0.6) is 5.75 Å². The fraction of sp³-hybridized carbons (Fsp3) is 0.200. The van der Waals surface area contributed by atoms with Crippen molar-refractivity contribution >= 4 is 33.3 Å². The van der Waals surface area contributed by atoms with E-state index in [0.717, 1.165) is 0 Å². The monoisotopic (exact) mass is 354 g/mol. The Labute approximate surface area is 138 Å². The third kappa shape index (κ3) is 3.37. The predicted octanol–water partition coefficient (Wildman–Crippen LogP) is 3.89. The van der Waals surface area contributed by atoms with Crippen molar-refractivity contribution in [3.8, 4) is 5.75 Å². The molecule has 0 fully saturated rings. The molecule has 120 valence electrons. The smallest absolute Gasteiger partial charge is 0.387 e. The molecule has 2 heterocycles. The van der Waals surface area contributed by atoms with Gasteiger partial charge in [-0.3, -0.25) is 9.36 Å². The van der Waals surface area contributed by atoms with Crippen LogP contribution in [0.25, 0.3) is 10.2 Å². The van der Waals surface area contributed by atoms with Crippen LogP contribution in [0.4, 0.5) is 8.78 Å². The van der Waals surface area contributed by atoms with Crippen molar-refractivity contribution < 1.29 is 13.5 Å². The van der Waals surface area contributed by atoms with E-state index in [1.165, 1.54) is 33.7 Å². The maximum Gasteiger partial charge on any atom is 0.387 e. The molecule has 0 atom stereocenters. The summed E-state index contributed by atoms with van der Waals surface area (Å²) >= 11 is 2.66.